The predicted octanol–water partition coefficient (Wildman–Crippen LogP) is 3.14. The molecule has 0 aliphatic heterocycles. The van der Waals surface area contributed by atoms with E-state index in [1.165, 1.54) is 39.0 Å². The molecule has 0 aromatic heterocycles. The summed E-state index contributed by atoms with van der Waals surface area (Å²) in [5.41, 5.74) is 0.264. The summed E-state index contributed by atoms with van der Waals surface area (Å²) in [6, 6.07) is 0. The lowest BCUT2D eigenvalue weighted by atomic mass is 9.50. The van der Waals surface area contributed by atoms with Gasteiger partial charge in [-0.3, -0.25) is 4.79 Å². The van der Waals surface area contributed by atoms with Crippen LogP contribution in [0.4, 0.5) is 0 Å². The Hall–Kier alpha value is -0.0500. The molecule has 4 aliphatic rings. The molecule has 0 saturated heterocycles. The van der Waals surface area contributed by atoms with E-state index in [9.17, 15) is 4.79 Å². The molecule has 4 fully saturated rings. The van der Waals surface area contributed by atoms with Crippen LogP contribution >= 0.6 is 15.9 Å². The van der Waals surface area contributed by atoms with Crippen LogP contribution in [0.1, 0.15) is 39.0 Å². The first-order valence-electron chi connectivity index (χ1n) is 6.36. The highest BCUT2D eigenvalue weighted by molar-refractivity contribution is 9.09. The summed E-state index contributed by atoms with van der Waals surface area (Å²) in [6.45, 7) is 2.16. The Morgan fingerprint density at radius 2 is 1.94 bits per heavy atom. The number of esters is 1. The number of carbonyl (C=O) groups is 1. The Morgan fingerprint density at radius 1 is 1.31 bits per heavy atom. The first-order chi connectivity index (χ1) is 7.59. The fourth-order valence-corrected chi connectivity index (χ4v) is 5.53. The summed E-state index contributed by atoms with van der Waals surface area (Å²) >= 11 is 3.90. The molecule has 90 valence electrons. The van der Waals surface area contributed by atoms with Gasteiger partial charge in [-0.1, -0.05) is 15.9 Å². The Bertz CT molecular complexity index is 301. The second kappa shape index (κ2) is 3.72. The number of rotatable bonds is 2. The average Bonchev–Trinajstić information content (AvgIpc) is 2.22. The molecule has 3 unspecified atom stereocenters. The molecule has 4 aliphatic carbocycles. The zero-order valence-corrected chi connectivity index (χ0v) is 11.3. The van der Waals surface area contributed by atoms with E-state index >= 15 is 0 Å². The standard InChI is InChI=1S/C13H19BrO2/c1-8(15)16-7-13-5-9-2-10(6-13)4-11(3-9)12(13)14/h9-12H,2-7H2,1H3/t9-,10+,11?,12?,13?. The van der Waals surface area contributed by atoms with Gasteiger partial charge < -0.3 is 4.74 Å². The molecule has 0 amide bonds. The zero-order chi connectivity index (χ0) is 11.3. The maximum atomic E-state index is 11.0. The highest BCUT2D eigenvalue weighted by Gasteiger charge is 2.56. The van der Waals surface area contributed by atoms with Crippen molar-refractivity contribution in [2.75, 3.05) is 6.61 Å². The Balaban J connectivity index is 1.79. The molecular weight excluding hydrogens is 268 g/mol. The monoisotopic (exact) mass is 286 g/mol. The Labute approximate surface area is 105 Å². The van der Waals surface area contributed by atoms with Gasteiger partial charge in [-0.2, -0.15) is 0 Å². The summed E-state index contributed by atoms with van der Waals surface area (Å²) in [5, 5.41) is 0. The smallest absolute Gasteiger partial charge is 0.302 e. The van der Waals surface area contributed by atoms with Gasteiger partial charge in [0.15, 0.2) is 0 Å². The van der Waals surface area contributed by atoms with Gasteiger partial charge in [-0.05, 0) is 49.9 Å². The van der Waals surface area contributed by atoms with Crippen LogP contribution in [0, 0.1) is 23.2 Å². The number of hydrogen-bond donors (Lipinski definition) is 0. The zero-order valence-electron chi connectivity index (χ0n) is 9.75. The van der Waals surface area contributed by atoms with E-state index in [0.29, 0.717) is 11.4 Å². The van der Waals surface area contributed by atoms with Crippen molar-refractivity contribution < 1.29 is 9.53 Å². The van der Waals surface area contributed by atoms with Gasteiger partial charge in [0, 0.05) is 17.2 Å². The van der Waals surface area contributed by atoms with Gasteiger partial charge in [-0.15, -0.1) is 0 Å². The van der Waals surface area contributed by atoms with Gasteiger partial charge in [0.2, 0.25) is 0 Å². The first kappa shape index (κ1) is 11.1. The van der Waals surface area contributed by atoms with Gasteiger partial charge >= 0.3 is 5.97 Å². The summed E-state index contributed by atoms with van der Waals surface area (Å²) in [6.07, 6.45) is 6.76. The normalized spacial score (nSPS) is 49.4. The highest BCUT2D eigenvalue weighted by Crippen LogP contribution is 2.62. The lowest BCUT2D eigenvalue weighted by molar-refractivity contribution is -0.151. The van der Waals surface area contributed by atoms with E-state index in [-0.39, 0.29) is 11.4 Å². The van der Waals surface area contributed by atoms with Crippen LogP contribution < -0.4 is 0 Å². The fourth-order valence-electron chi connectivity index (χ4n) is 4.59. The molecule has 4 saturated carbocycles. The molecule has 16 heavy (non-hydrogen) atoms. The minimum atomic E-state index is -0.129. The van der Waals surface area contributed by atoms with E-state index in [0.717, 1.165) is 17.8 Å². The van der Waals surface area contributed by atoms with Crippen LogP contribution in [0.25, 0.3) is 0 Å². The molecule has 0 spiro atoms. The molecule has 4 bridgehead atoms. The molecule has 2 nitrogen and oxygen atoms in total. The average molecular weight is 287 g/mol. The first-order valence-corrected chi connectivity index (χ1v) is 7.28. The number of carbonyl (C=O) groups excluding carboxylic acids is 1. The van der Waals surface area contributed by atoms with Crippen LogP contribution in [-0.2, 0) is 9.53 Å². The van der Waals surface area contributed by atoms with Crippen molar-refractivity contribution in [2.45, 2.75) is 43.9 Å². The van der Waals surface area contributed by atoms with Crippen molar-refractivity contribution in [3.05, 3.63) is 0 Å². The summed E-state index contributed by atoms with van der Waals surface area (Å²) in [5.74, 6) is 2.51. The SMILES string of the molecule is CC(=O)OCC12C[C@@H]3CC(C[C@@H](C3)C1)C2Br. The molecule has 4 rings (SSSR count). The summed E-state index contributed by atoms with van der Waals surface area (Å²) in [4.78, 5) is 11.6. The number of alkyl halides is 1. The minimum absolute atomic E-state index is 0.129. The fraction of sp³-hybridized carbons (Fsp3) is 0.923. The Morgan fingerprint density at radius 3 is 2.50 bits per heavy atom. The molecule has 0 aromatic carbocycles. The lowest BCUT2D eigenvalue weighted by Crippen LogP contribution is -2.55. The minimum Gasteiger partial charge on any atom is -0.465 e. The van der Waals surface area contributed by atoms with Crippen molar-refractivity contribution >= 4 is 21.9 Å². The van der Waals surface area contributed by atoms with Crippen molar-refractivity contribution in [1.82, 2.24) is 0 Å². The third-order valence-electron chi connectivity index (χ3n) is 4.89. The van der Waals surface area contributed by atoms with Crippen LogP contribution in [0.3, 0.4) is 0 Å². The molecule has 0 heterocycles. The number of halogens is 1. The molecule has 5 atom stereocenters. The largest absolute Gasteiger partial charge is 0.465 e. The second-order valence-electron chi connectivity index (χ2n) is 6.15. The third-order valence-corrected chi connectivity index (χ3v) is 6.61. The maximum absolute atomic E-state index is 11.0. The van der Waals surface area contributed by atoms with E-state index in [4.69, 9.17) is 4.74 Å². The van der Waals surface area contributed by atoms with Gasteiger partial charge in [0.25, 0.3) is 0 Å². The number of ether oxygens (including phenoxy) is 1. The van der Waals surface area contributed by atoms with Gasteiger partial charge in [0.05, 0.1) is 6.61 Å². The van der Waals surface area contributed by atoms with Gasteiger partial charge in [-0.25, -0.2) is 0 Å². The molecule has 0 N–H and O–H groups in total. The number of hydrogen-bond acceptors (Lipinski definition) is 2. The predicted molar refractivity (Wildman–Crippen MR) is 65.3 cm³/mol. The van der Waals surface area contributed by atoms with E-state index in [1.807, 2.05) is 0 Å². The van der Waals surface area contributed by atoms with E-state index < -0.39 is 0 Å². The molecular formula is C13H19BrO2. The summed E-state index contributed by atoms with van der Waals surface area (Å²) in [7, 11) is 0. The van der Waals surface area contributed by atoms with Crippen molar-refractivity contribution in [2.24, 2.45) is 23.2 Å². The Kier molecular flexibility index (Phi) is 2.58. The molecule has 0 radical (unpaired) electrons. The summed E-state index contributed by atoms with van der Waals surface area (Å²) < 4.78 is 5.33. The topological polar surface area (TPSA) is 26.3 Å². The second-order valence-corrected chi connectivity index (χ2v) is 7.14. The van der Waals surface area contributed by atoms with Crippen LogP contribution in [0.15, 0.2) is 0 Å². The van der Waals surface area contributed by atoms with Crippen molar-refractivity contribution in [3.63, 3.8) is 0 Å². The van der Waals surface area contributed by atoms with Crippen LogP contribution in [-0.4, -0.2) is 17.4 Å². The molecule has 3 heteroatoms. The lowest BCUT2D eigenvalue weighted by Gasteiger charge is -2.59. The van der Waals surface area contributed by atoms with Crippen LogP contribution in [0.2, 0.25) is 0 Å². The van der Waals surface area contributed by atoms with Crippen LogP contribution in [0.5, 0.6) is 0 Å². The maximum Gasteiger partial charge on any atom is 0.302 e. The van der Waals surface area contributed by atoms with E-state index in [1.54, 1.807) is 0 Å². The van der Waals surface area contributed by atoms with E-state index in [2.05, 4.69) is 15.9 Å². The van der Waals surface area contributed by atoms with Gasteiger partial charge in [0.1, 0.15) is 0 Å². The van der Waals surface area contributed by atoms with Crippen molar-refractivity contribution in [1.29, 1.82) is 0 Å². The molecule has 0 aromatic rings. The quantitative estimate of drug-likeness (QED) is 0.576. The van der Waals surface area contributed by atoms with Crippen molar-refractivity contribution in [3.8, 4) is 0 Å². The third kappa shape index (κ3) is 1.62. The highest BCUT2D eigenvalue weighted by atomic mass is 79.9.